The van der Waals surface area contributed by atoms with E-state index < -0.39 is 6.04 Å². The van der Waals surface area contributed by atoms with Gasteiger partial charge < -0.3 is 9.73 Å². The lowest BCUT2D eigenvalue weighted by molar-refractivity contribution is -0.692. The molecule has 0 bridgehead atoms. The predicted molar refractivity (Wildman–Crippen MR) is 102 cm³/mol. The summed E-state index contributed by atoms with van der Waals surface area (Å²) in [6.45, 7) is 0.430. The number of carbonyl (C=O) groups excluding carboxylic acids is 1. The quantitative estimate of drug-likeness (QED) is 0.377. The van der Waals surface area contributed by atoms with Gasteiger partial charge in [-0.25, -0.2) is 0 Å². The third-order valence-electron chi connectivity index (χ3n) is 3.69. The SMILES string of the molecule is O=C(c1ccccc1Br)[C@H](C(=S)NCc1ccco1)[n+]1ccccc1. The minimum atomic E-state index is -0.634. The summed E-state index contributed by atoms with van der Waals surface area (Å²) in [5.41, 5.74) is 0.589. The van der Waals surface area contributed by atoms with Gasteiger partial charge in [0.1, 0.15) is 5.76 Å². The van der Waals surface area contributed by atoms with E-state index in [9.17, 15) is 4.79 Å². The van der Waals surface area contributed by atoms with Crippen LogP contribution in [0, 0.1) is 0 Å². The summed E-state index contributed by atoms with van der Waals surface area (Å²) >= 11 is 8.99. The lowest BCUT2D eigenvalue weighted by Gasteiger charge is -2.14. The number of hydrogen-bond acceptors (Lipinski definition) is 3. The van der Waals surface area contributed by atoms with Crippen LogP contribution >= 0.6 is 28.1 Å². The second-order valence-corrected chi connectivity index (χ2v) is 6.66. The van der Waals surface area contributed by atoms with Crippen LogP contribution in [0.1, 0.15) is 22.2 Å². The van der Waals surface area contributed by atoms with Crippen LogP contribution in [-0.2, 0) is 6.54 Å². The molecule has 0 radical (unpaired) electrons. The standard InChI is InChI=1S/C19H15BrN2O2S/c20-16-9-3-2-8-15(16)18(23)17(22-10-4-1-5-11-22)19(25)21-13-14-7-6-12-24-14/h1-12,17H,13H2/p+1/t17-/m1/s1. The molecular weight excluding hydrogens is 400 g/mol. The van der Waals surface area contributed by atoms with Crippen molar-refractivity contribution in [2.45, 2.75) is 12.6 Å². The van der Waals surface area contributed by atoms with Crippen LogP contribution in [0.3, 0.4) is 0 Å². The summed E-state index contributed by atoms with van der Waals surface area (Å²) in [6, 6.07) is 16.0. The third-order valence-corrected chi connectivity index (χ3v) is 4.75. The first kappa shape index (κ1) is 17.5. The lowest BCUT2D eigenvalue weighted by atomic mass is 10.0. The van der Waals surface area contributed by atoms with Gasteiger partial charge in [-0.15, -0.1) is 0 Å². The molecule has 0 spiro atoms. The summed E-state index contributed by atoms with van der Waals surface area (Å²) in [7, 11) is 0. The van der Waals surface area contributed by atoms with Crippen LogP contribution in [0.5, 0.6) is 0 Å². The van der Waals surface area contributed by atoms with Gasteiger partial charge in [0.05, 0.1) is 12.8 Å². The normalized spacial score (nSPS) is 11.7. The largest absolute Gasteiger partial charge is 0.467 e. The van der Waals surface area contributed by atoms with E-state index in [1.807, 2.05) is 60.9 Å². The Bertz CT molecular complexity index is 866. The number of pyridine rings is 1. The number of ketones is 1. The third kappa shape index (κ3) is 4.21. The van der Waals surface area contributed by atoms with Crippen molar-refractivity contribution < 1.29 is 13.8 Å². The number of furan rings is 1. The van der Waals surface area contributed by atoms with Gasteiger partial charge >= 0.3 is 0 Å². The maximum absolute atomic E-state index is 13.2. The Balaban J connectivity index is 1.89. The molecule has 3 rings (SSSR count). The predicted octanol–water partition coefficient (Wildman–Crippen LogP) is 3.87. The van der Waals surface area contributed by atoms with Gasteiger partial charge in [0.15, 0.2) is 17.4 Å². The number of aromatic nitrogens is 1. The smallest absolute Gasteiger partial charge is 0.270 e. The molecule has 3 aromatic rings. The maximum atomic E-state index is 13.2. The number of benzene rings is 1. The van der Waals surface area contributed by atoms with Gasteiger partial charge in [-0.2, -0.15) is 4.57 Å². The fourth-order valence-corrected chi connectivity index (χ4v) is 3.25. The summed E-state index contributed by atoms with van der Waals surface area (Å²) in [5, 5.41) is 3.13. The summed E-state index contributed by atoms with van der Waals surface area (Å²) in [4.78, 5) is 13.6. The Labute approximate surface area is 159 Å². The van der Waals surface area contributed by atoms with Crippen molar-refractivity contribution >= 4 is 38.9 Å². The maximum Gasteiger partial charge on any atom is 0.270 e. The fraction of sp³-hybridized carbons (Fsp3) is 0.105. The molecule has 0 saturated heterocycles. The van der Waals surface area contributed by atoms with E-state index in [0.29, 0.717) is 17.1 Å². The highest BCUT2D eigenvalue weighted by Crippen LogP contribution is 2.20. The second-order valence-electron chi connectivity index (χ2n) is 5.37. The Morgan fingerprint density at radius 2 is 1.88 bits per heavy atom. The Kier molecular flexibility index (Phi) is 5.73. The van der Waals surface area contributed by atoms with Crippen LogP contribution in [0.15, 0.2) is 82.1 Å². The Morgan fingerprint density at radius 1 is 1.12 bits per heavy atom. The summed E-state index contributed by atoms with van der Waals surface area (Å²) < 4.78 is 7.86. The molecule has 25 heavy (non-hydrogen) atoms. The molecule has 0 aliphatic heterocycles. The van der Waals surface area contributed by atoms with E-state index in [-0.39, 0.29) is 5.78 Å². The van der Waals surface area contributed by atoms with Gasteiger partial charge in [-0.1, -0.05) is 46.3 Å². The molecule has 0 aliphatic rings. The number of Topliss-reactive ketones (excluding diaryl/α,β-unsaturated/α-hetero) is 1. The number of halogens is 1. The zero-order valence-electron chi connectivity index (χ0n) is 13.3. The highest BCUT2D eigenvalue weighted by atomic mass is 79.9. The average molecular weight is 416 g/mol. The molecule has 1 aromatic carbocycles. The van der Waals surface area contributed by atoms with Crippen LogP contribution in [-0.4, -0.2) is 10.8 Å². The monoisotopic (exact) mass is 415 g/mol. The molecule has 6 heteroatoms. The van der Waals surface area contributed by atoms with Crippen molar-refractivity contribution in [3.8, 4) is 0 Å². The Hall–Kier alpha value is -2.31. The molecule has 2 heterocycles. The number of nitrogens with one attached hydrogen (secondary N) is 1. The van der Waals surface area contributed by atoms with Gasteiger partial charge in [-0.05, 0) is 24.3 Å². The number of nitrogens with zero attached hydrogens (tertiary/aromatic N) is 1. The first-order chi connectivity index (χ1) is 12.2. The highest BCUT2D eigenvalue weighted by Gasteiger charge is 2.33. The number of hydrogen-bond donors (Lipinski definition) is 1. The van der Waals surface area contributed by atoms with Crippen LogP contribution in [0.4, 0.5) is 0 Å². The van der Waals surface area contributed by atoms with Crippen LogP contribution < -0.4 is 9.88 Å². The van der Waals surface area contributed by atoms with E-state index in [1.165, 1.54) is 0 Å². The highest BCUT2D eigenvalue weighted by molar-refractivity contribution is 9.10. The fourth-order valence-electron chi connectivity index (χ4n) is 2.47. The van der Waals surface area contributed by atoms with Gasteiger partial charge in [0.2, 0.25) is 5.78 Å². The Morgan fingerprint density at radius 3 is 2.56 bits per heavy atom. The minimum Gasteiger partial charge on any atom is -0.467 e. The first-order valence-corrected chi connectivity index (χ1v) is 8.91. The van der Waals surface area contributed by atoms with Crippen molar-refractivity contribution in [3.05, 3.63) is 89.1 Å². The van der Waals surface area contributed by atoms with Crippen molar-refractivity contribution in [3.63, 3.8) is 0 Å². The molecule has 1 N–H and O–H groups in total. The molecule has 4 nitrogen and oxygen atoms in total. The van der Waals surface area contributed by atoms with Crippen molar-refractivity contribution in [1.29, 1.82) is 0 Å². The zero-order chi connectivity index (χ0) is 17.6. The van der Waals surface area contributed by atoms with E-state index >= 15 is 0 Å². The molecule has 0 unspecified atom stereocenters. The molecule has 0 amide bonds. The van der Waals surface area contributed by atoms with Gasteiger partial charge in [0.25, 0.3) is 6.04 Å². The molecule has 1 atom stereocenters. The second kappa shape index (κ2) is 8.18. The molecule has 126 valence electrons. The van der Waals surface area contributed by atoms with E-state index in [0.717, 1.165) is 10.2 Å². The van der Waals surface area contributed by atoms with Crippen molar-refractivity contribution in [1.82, 2.24) is 5.32 Å². The number of carbonyl (C=O) groups is 1. The molecule has 0 aliphatic carbocycles. The van der Waals surface area contributed by atoms with Gasteiger partial charge in [-0.3, -0.25) is 4.79 Å². The summed E-state index contributed by atoms with van der Waals surface area (Å²) in [6.07, 6.45) is 5.27. The van der Waals surface area contributed by atoms with Crippen LogP contribution in [0.2, 0.25) is 0 Å². The van der Waals surface area contributed by atoms with E-state index in [2.05, 4.69) is 21.2 Å². The summed E-state index contributed by atoms with van der Waals surface area (Å²) in [5.74, 6) is 0.674. The van der Waals surface area contributed by atoms with E-state index in [4.69, 9.17) is 16.6 Å². The molecule has 0 fully saturated rings. The average Bonchev–Trinajstić information content (AvgIpc) is 3.15. The molecule has 2 aromatic heterocycles. The number of thiocarbonyl (C=S) groups is 1. The van der Waals surface area contributed by atoms with Gasteiger partial charge in [0, 0.05) is 22.2 Å². The van der Waals surface area contributed by atoms with Crippen molar-refractivity contribution in [2.24, 2.45) is 0 Å². The molecular formula is C19H16BrN2O2S+. The first-order valence-electron chi connectivity index (χ1n) is 7.71. The zero-order valence-corrected chi connectivity index (χ0v) is 15.7. The van der Waals surface area contributed by atoms with Crippen molar-refractivity contribution in [2.75, 3.05) is 0 Å². The lowest BCUT2D eigenvalue weighted by Crippen LogP contribution is -2.51. The topological polar surface area (TPSA) is 46.1 Å². The molecule has 0 saturated carbocycles. The minimum absolute atomic E-state index is 0.0828. The number of rotatable bonds is 6. The van der Waals surface area contributed by atoms with Crippen LogP contribution in [0.25, 0.3) is 0 Å². The van der Waals surface area contributed by atoms with E-state index in [1.54, 1.807) is 16.9 Å².